The van der Waals surface area contributed by atoms with Gasteiger partial charge in [0.25, 0.3) is 0 Å². The summed E-state index contributed by atoms with van der Waals surface area (Å²) in [4.78, 5) is 0. The minimum atomic E-state index is -1.40. The van der Waals surface area contributed by atoms with Crippen LogP contribution in [-0.2, 0) is 6.42 Å². The Balaban J connectivity index is 0.00000180. The predicted octanol–water partition coefficient (Wildman–Crippen LogP) is 2.48. The standard InChI is InChI=1S/C15H17BO2.2H2/c1-2-3-12-4-6-13(7-5-12)14-8-10-15(11-9-14)16(17)18;;/h4-11,17-18H,2-3H2,1H3;2*1H. The highest BCUT2D eigenvalue weighted by Gasteiger charge is 2.09. The third kappa shape index (κ3) is 3.00. The smallest absolute Gasteiger partial charge is 0.423 e. The van der Waals surface area contributed by atoms with Gasteiger partial charge in [-0.15, -0.1) is 0 Å². The Labute approximate surface area is 111 Å². The zero-order valence-corrected chi connectivity index (χ0v) is 10.5. The molecule has 0 aliphatic heterocycles. The van der Waals surface area contributed by atoms with Crippen molar-refractivity contribution in [2.24, 2.45) is 0 Å². The van der Waals surface area contributed by atoms with Gasteiger partial charge in [-0.3, -0.25) is 0 Å². The molecule has 2 rings (SSSR count). The molecule has 0 unspecified atom stereocenters. The molecule has 18 heavy (non-hydrogen) atoms. The first-order chi connectivity index (χ1) is 8.70. The van der Waals surface area contributed by atoms with E-state index in [2.05, 4.69) is 31.2 Å². The van der Waals surface area contributed by atoms with E-state index in [1.165, 1.54) is 5.56 Å². The van der Waals surface area contributed by atoms with E-state index in [-0.39, 0.29) is 2.85 Å². The fourth-order valence-corrected chi connectivity index (χ4v) is 2.00. The molecule has 3 heteroatoms. The zero-order valence-electron chi connectivity index (χ0n) is 10.5. The second-order valence-corrected chi connectivity index (χ2v) is 4.44. The van der Waals surface area contributed by atoms with Gasteiger partial charge >= 0.3 is 7.12 Å². The fraction of sp³-hybridized carbons (Fsp3) is 0.200. The summed E-state index contributed by atoms with van der Waals surface area (Å²) in [6.45, 7) is 2.17. The van der Waals surface area contributed by atoms with E-state index in [1.54, 1.807) is 12.1 Å². The quantitative estimate of drug-likeness (QED) is 0.811. The summed E-state index contributed by atoms with van der Waals surface area (Å²) in [7, 11) is -1.40. The van der Waals surface area contributed by atoms with Crippen LogP contribution in [0.1, 0.15) is 21.8 Å². The van der Waals surface area contributed by atoms with Gasteiger partial charge in [0.05, 0.1) is 0 Å². The second kappa shape index (κ2) is 5.85. The minimum Gasteiger partial charge on any atom is -0.423 e. The van der Waals surface area contributed by atoms with E-state index < -0.39 is 7.12 Å². The Bertz CT molecular complexity index is 498. The van der Waals surface area contributed by atoms with Crippen LogP contribution in [0.15, 0.2) is 48.5 Å². The molecule has 2 aromatic carbocycles. The predicted molar refractivity (Wildman–Crippen MR) is 79.9 cm³/mol. The van der Waals surface area contributed by atoms with Crippen LogP contribution in [-0.4, -0.2) is 17.2 Å². The molecule has 96 valence electrons. The van der Waals surface area contributed by atoms with E-state index in [0.717, 1.165) is 24.0 Å². The Morgan fingerprint density at radius 2 is 1.39 bits per heavy atom. The molecule has 0 saturated carbocycles. The monoisotopic (exact) mass is 244 g/mol. The average Bonchev–Trinajstić information content (AvgIpc) is 2.40. The first kappa shape index (κ1) is 12.9. The summed E-state index contributed by atoms with van der Waals surface area (Å²) in [5, 5.41) is 18.1. The lowest BCUT2D eigenvalue weighted by Crippen LogP contribution is -2.29. The normalized spacial score (nSPS) is 10.4. The number of rotatable bonds is 4. The molecule has 0 bridgehead atoms. The third-order valence-electron chi connectivity index (χ3n) is 3.03. The van der Waals surface area contributed by atoms with Crippen LogP contribution >= 0.6 is 0 Å². The highest BCUT2D eigenvalue weighted by Crippen LogP contribution is 2.19. The van der Waals surface area contributed by atoms with Crippen LogP contribution in [0.25, 0.3) is 11.1 Å². The molecule has 0 amide bonds. The highest BCUT2D eigenvalue weighted by atomic mass is 16.4. The number of hydrogen-bond acceptors (Lipinski definition) is 2. The largest absolute Gasteiger partial charge is 0.488 e. The first-order valence-electron chi connectivity index (χ1n) is 6.26. The molecule has 0 fully saturated rings. The van der Waals surface area contributed by atoms with Gasteiger partial charge in [-0.25, -0.2) is 0 Å². The van der Waals surface area contributed by atoms with Gasteiger partial charge in [-0.05, 0) is 28.6 Å². The van der Waals surface area contributed by atoms with Gasteiger partial charge in [0, 0.05) is 2.85 Å². The maximum atomic E-state index is 9.04. The number of benzene rings is 2. The third-order valence-corrected chi connectivity index (χ3v) is 3.03. The first-order valence-corrected chi connectivity index (χ1v) is 6.26. The second-order valence-electron chi connectivity index (χ2n) is 4.44. The molecule has 0 radical (unpaired) electrons. The lowest BCUT2D eigenvalue weighted by atomic mass is 9.80. The summed E-state index contributed by atoms with van der Waals surface area (Å²) in [5.74, 6) is 0. The summed E-state index contributed by atoms with van der Waals surface area (Å²) in [6, 6.07) is 15.8. The van der Waals surface area contributed by atoms with Crippen molar-refractivity contribution >= 4 is 12.6 Å². The van der Waals surface area contributed by atoms with Crippen LogP contribution in [0.3, 0.4) is 0 Å². The van der Waals surface area contributed by atoms with Crippen molar-refractivity contribution in [1.29, 1.82) is 0 Å². The van der Waals surface area contributed by atoms with Gasteiger partial charge in [-0.2, -0.15) is 0 Å². The lowest BCUT2D eigenvalue weighted by Gasteiger charge is -2.05. The average molecular weight is 244 g/mol. The van der Waals surface area contributed by atoms with Gasteiger partial charge in [0.15, 0.2) is 0 Å². The van der Waals surface area contributed by atoms with Gasteiger partial charge < -0.3 is 10.0 Å². The molecule has 2 N–H and O–H groups in total. The molecule has 0 heterocycles. The van der Waals surface area contributed by atoms with Crippen LogP contribution in [0.5, 0.6) is 0 Å². The molecule has 0 spiro atoms. The topological polar surface area (TPSA) is 40.5 Å². The van der Waals surface area contributed by atoms with E-state index in [4.69, 9.17) is 10.0 Å². The molecule has 2 nitrogen and oxygen atoms in total. The van der Waals surface area contributed by atoms with Crippen LogP contribution in [0.4, 0.5) is 0 Å². The molecule has 2 aromatic rings. The maximum Gasteiger partial charge on any atom is 0.488 e. The highest BCUT2D eigenvalue weighted by molar-refractivity contribution is 6.58. The Morgan fingerprint density at radius 1 is 0.889 bits per heavy atom. The zero-order chi connectivity index (χ0) is 13.0. The van der Waals surface area contributed by atoms with Crippen LogP contribution < -0.4 is 5.46 Å². The molecule has 0 atom stereocenters. The van der Waals surface area contributed by atoms with E-state index in [1.807, 2.05) is 12.1 Å². The van der Waals surface area contributed by atoms with Gasteiger partial charge in [0.1, 0.15) is 0 Å². The van der Waals surface area contributed by atoms with Crippen molar-refractivity contribution in [1.82, 2.24) is 0 Å². The Morgan fingerprint density at radius 3 is 1.83 bits per heavy atom. The Hall–Kier alpha value is -1.58. The number of hydrogen-bond donors (Lipinski definition) is 2. The Kier molecular flexibility index (Phi) is 4.18. The maximum absolute atomic E-state index is 9.04. The van der Waals surface area contributed by atoms with E-state index in [0.29, 0.717) is 5.46 Å². The molecular formula is C15H21BO2. The molecule has 0 aliphatic rings. The van der Waals surface area contributed by atoms with Crippen LogP contribution in [0.2, 0.25) is 0 Å². The lowest BCUT2D eigenvalue weighted by molar-refractivity contribution is 0.426. The molecular weight excluding hydrogens is 223 g/mol. The van der Waals surface area contributed by atoms with Crippen molar-refractivity contribution in [3.63, 3.8) is 0 Å². The van der Waals surface area contributed by atoms with E-state index >= 15 is 0 Å². The van der Waals surface area contributed by atoms with Crippen molar-refractivity contribution in [3.05, 3.63) is 54.1 Å². The molecule has 0 aliphatic carbocycles. The fourth-order valence-electron chi connectivity index (χ4n) is 2.00. The van der Waals surface area contributed by atoms with Gasteiger partial charge in [-0.1, -0.05) is 61.9 Å². The van der Waals surface area contributed by atoms with Gasteiger partial charge in [0.2, 0.25) is 0 Å². The van der Waals surface area contributed by atoms with Crippen molar-refractivity contribution in [2.75, 3.05) is 0 Å². The van der Waals surface area contributed by atoms with Crippen molar-refractivity contribution in [3.8, 4) is 11.1 Å². The minimum absolute atomic E-state index is 0. The summed E-state index contributed by atoms with van der Waals surface area (Å²) < 4.78 is 0. The molecule has 0 saturated heterocycles. The van der Waals surface area contributed by atoms with Crippen molar-refractivity contribution in [2.45, 2.75) is 19.8 Å². The molecule has 0 aromatic heterocycles. The number of aryl methyl sites for hydroxylation is 1. The summed E-state index contributed by atoms with van der Waals surface area (Å²) >= 11 is 0. The summed E-state index contributed by atoms with van der Waals surface area (Å²) in [5.41, 5.74) is 4.10. The van der Waals surface area contributed by atoms with E-state index in [9.17, 15) is 0 Å². The summed E-state index contributed by atoms with van der Waals surface area (Å²) in [6.07, 6.45) is 2.26. The van der Waals surface area contributed by atoms with Crippen LogP contribution in [0, 0.1) is 0 Å². The van der Waals surface area contributed by atoms with Crippen molar-refractivity contribution < 1.29 is 12.9 Å². The SMILES string of the molecule is CCCc1ccc(-c2ccc(B(O)O)cc2)cc1.[HH].[HH].